The first-order valence-corrected chi connectivity index (χ1v) is 8.57. The molecule has 0 aliphatic rings. The van der Waals surface area contributed by atoms with Gasteiger partial charge >= 0.3 is 0 Å². The Hall–Kier alpha value is -3.02. The predicted molar refractivity (Wildman–Crippen MR) is 104 cm³/mol. The van der Waals surface area contributed by atoms with E-state index >= 15 is 0 Å². The molecule has 0 unspecified atom stereocenters. The lowest BCUT2D eigenvalue weighted by molar-refractivity contribution is -0.119. The van der Waals surface area contributed by atoms with E-state index in [0.29, 0.717) is 5.75 Å². The van der Waals surface area contributed by atoms with Crippen LogP contribution < -0.4 is 21.1 Å². The average molecular weight is 354 g/mol. The van der Waals surface area contributed by atoms with Crippen LogP contribution in [0.5, 0.6) is 5.75 Å². The summed E-state index contributed by atoms with van der Waals surface area (Å²) in [5.74, 6) is 0.925. The fourth-order valence-corrected chi connectivity index (χ4v) is 2.44. The van der Waals surface area contributed by atoms with E-state index in [1.54, 1.807) is 7.05 Å². The van der Waals surface area contributed by atoms with Gasteiger partial charge in [0, 0.05) is 20.1 Å². The van der Waals surface area contributed by atoms with Gasteiger partial charge < -0.3 is 21.1 Å². The molecule has 0 spiro atoms. The molecule has 6 heteroatoms. The van der Waals surface area contributed by atoms with Crippen molar-refractivity contribution in [1.82, 2.24) is 10.6 Å². The number of rotatable bonds is 8. The lowest BCUT2D eigenvalue weighted by Crippen LogP contribution is -2.38. The van der Waals surface area contributed by atoms with Crippen molar-refractivity contribution in [2.45, 2.75) is 19.9 Å². The number of ether oxygens (including phenoxy) is 1. The molecule has 0 bridgehead atoms. The molecule has 0 aromatic heterocycles. The molecule has 1 amide bonds. The summed E-state index contributed by atoms with van der Waals surface area (Å²) < 4.78 is 5.25. The lowest BCUT2D eigenvalue weighted by atomic mass is 10.1. The van der Waals surface area contributed by atoms with Crippen LogP contribution in [0, 0.1) is 6.92 Å². The minimum Gasteiger partial charge on any atom is -0.484 e. The number of hydrogen-bond donors (Lipinski definition) is 3. The fraction of sp³-hybridized carbons (Fsp3) is 0.300. The van der Waals surface area contributed by atoms with Crippen LogP contribution in [-0.4, -0.2) is 32.1 Å². The molecule has 4 N–H and O–H groups in total. The minimum atomic E-state index is -0.483. The Morgan fingerprint density at radius 2 is 1.85 bits per heavy atom. The van der Waals surface area contributed by atoms with Crippen molar-refractivity contribution in [2.75, 3.05) is 20.2 Å². The third-order valence-corrected chi connectivity index (χ3v) is 3.94. The Kier molecular flexibility index (Phi) is 7.49. The van der Waals surface area contributed by atoms with Crippen molar-refractivity contribution in [2.24, 2.45) is 10.7 Å². The first kappa shape index (κ1) is 19.3. The Labute approximate surface area is 154 Å². The summed E-state index contributed by atoms with van der Waals surface area (Å²) >= 11 is 0. The Morgan fingerprint density at radius 1 is 1.12 bits per heavy atom. The number of carbonyl (C=O) groups is 1. The molecule has 0 saturated heterocycles. The first-order valence-electron chi connectivity index (χ1n) is 8.57. The van der Waals surface area contributed by atoms with E-state index in [1.807, 2.05) is 36.4 Å². The van der Waals surface area contributed by atoms with Crippen molar-refractivity contribution in [3.8, 4) is 5.75 Å². The molecule has 138 valence electrons. The second-order valence-electron chi connectivity index (χ2n) is 5.93. The standard InChI is InChI=1S/C20H26N4O2/c1-15-5-3-4-6-17(15)13-24-20(22-2)23-12-11-16-7-9-18(10-8-16)26-14-19(21)25/h3-10H,11-14H2,1-2H3,(H2,21,25)(H2,22,23,24). The van der Waals surface area contributed by atoms with Crippen molar-refractivity contribution in [3.63, 3.8) is 0 Å². The molecule has 0 radical (unpaired) electrons. The van der Waals surface area contributed by atoms with Gasteiger partial charge in [-0.1, -0.05) is 36.4 Å². The van der Waals surface area contributed by atoms with Gasteiger partial charge in [-0.15, -0.1) is 0 Å². The number of aliphatic imine (C=N–C) groups is 1. The third kappa shape index (κ3) is 6.47. The molecular formula is C20H26N4O2. The van der Waals surface area contributed by atoms with Crippen LogP contribution in [0.1, 0.15) is 16.7 Å². The molecule has 0 aliphatic carbocycles. The highest BCUT2D eigenvalue weighted by Crippen LogP contribution is 2.12. The van der Waals surface area contributed by atoms with Crippen LogP contribution in [0.4, 0.5) is 0 Å². The highest BCUT2D eigenvalue weighted by atomic mass is 16.5. The van der Waals surface area contributed by atoms with Gasteiger partial charge in [0.2, 0.25) is 0 Å². The Balaban J connectivity index is 1.75. The van der Waals surface area contributed by atoms with E-state index in [4.69, 9.17) is 10.5 Å². The van der Waals surface area contributed by atoms with Gasteiger partial charge in [-0.3, -0.25) is 9.79 Å². The van der Waals surface area contributed by atoms with E-state index in [0.717, 1.165) is 25.5 Å². The number of amides is 1. The molecule has 0 saturated carbocycles. The molecule has 0 aliphatic heterocycles. The molecule has 2 aromatic carbocycles. The summed E-state index contributed by atoms with van der Waals surface area (Å²) in [6, 6.07) is 15.9. The third-order valence-electron chi connectivity index (χ3n) is 3.94. The summed E-state index contributed by atoms with van der Waals surface area (Å²) in [5, 5.41) is 6.63. The van der Waals surface area contributed by atoms with E-state index in [1.165, 1.54) is 16.7 Å². The van der Waals surface area contributed by atoms with Crippen molar-refractivity contribution in [3.05, 3.63) is 65.2 Å². The number of nitrogens with one attached hydrogen (secondary N) is 2. The quantitative estimate of drug-likeness (QED) is 0.498. The normalized spacial score (nSPS) is 11.1. The van der Waals surface area contributed by atoms with Gasteiger partial charge in [0.25, 0.3) is 5.91 Å². The number of guanidine groups is 1. The van der Waals surface area contributed by atoms with E-state index in [2.05, 4.69) is 34.7 Å². The first-order chi connectivity index (χ1) is 12.6. The fourth-order valence-electron chi connectivity index (χ4n) is 2.44. The van der Waals surface area contributed by atoms with Crippen molar-refractivity contribution >= 4 is 11.9 Å². The SMILES string of the molecule is CN=C(NCCc1ccc(OCC(N)=O)cc1)NCc1ccccc1C. The largest absolute Gasteiger partial charge is 0.484 e. The number of nitrogens with two attached hydrogens (primary N) is 1. The topological polar surface area (TPSA) is 88.7 Å². The average Bonchev–Trinajstić information content (AvgIpc) is 2.65. The number of nitrogens with zero attached hydrogens (tertiary/aromatic N) is 1. The number of benzene rings is 2. The zero-order valence-electron chi connectivity index (χ0n) is 15.3. The Bertz CT molecular complexity index is 742. The van der Waals surface area contributed by atoms with Gasteiger partial charge in [0.05, 0.1) is 0 Å². The summed E-state index contributed by atoms with van der Waals surface area (Å²) in [5.41, 5.74) is 8.73. The van der Waals surface area contributed by atoms with E-state index in [-0.39, 0.29) is 6.61 Å². The summed E-state index contributed by atoms with van der Waals surface area (Å²) in [6.45, 7) is 3.49. The number of aryl methyl sites for hydroxylation is 1. The summed E-state index contributed by atoms with van der Waals surface area (Å²) in [6.07, 6.45) is 0.848. The highest BCUT2D eigenvalue weighted by Gasteiger charge is 2.02. The van der Waals surface area contributed by atoms with Crippen LogP contribution in [-0.2, 0) is 17.8 Å². The monoisotopic (exact) mass is 354 g/mol. The maximum atomic E-state index is 10.7. The predicted octanol–water partition coefficient (Wildman–Crippen LogP) is 1.77. The second-order valence-corrected chi connectivity index (χ2v) is 5.93. The molecule has 0 heterocycles. The van der Waals surface area contributed by atoms with Crippen LogP contribution in [0.25, 0.3) is 0 Å². The molecular weight excluding hydrogens is 328 g/mol. The van der Waals surface area contributed by atoms with E-state index < -0.39 is 5.91 Å². The van der Waals surface area contributed by atoms with Crippen LogP contribution >= 0.6 is 0 Å². The van der Waals surface area contributed by atoms with Crippen LogP contribution in [0.3, 0.4) is 0 Å². The van der Waals surface area contributed by atoms with Crippen molar-refractivity contribution < 1.29 is 9.53 Å². The highest BCUT2D eigenvalue weighted by molar-refractivity contribution is 5.79. The number of carbonyl (C=O) groups excluding carboxylic acids is 1. The van der Waals surface area contributed by atoms with Gasteiger partial charge in [0.15, 0.2) is 12.6 Å². The molecule has 6 nitrogen and oxygen atoms in total. The van der Waals surface area contributed by atoms with Crippen molar-refractivity contribution in [1.29, 1.82) is 0 Å². The molecule has 2 aromatic rings. The zero-order chi connectivity index (χ0) is 18.8. The minimum absolute atomic E-state index is 0.107. The van der Waals surface area contributed by atoms with Crippen LogP contribution in [0.2, 0.25) is 0 Å². The lowest BCUT2D eigenvalue weighted by Gasteiger charge is -2.13. The van der Waals surface area contributed by atoms with Gasteiger partial charge in [-0.2, -0.15) is 0 Å². The van der Waals surface area contributed by atoms with Crippen LogP contribution in [0.15, 0.2) is 53.5 Å². The van der Waals surface area contributed by atoms with E-state index in [9.17, 15) is 4.79 Å². The summed E-state index contributed by atoms with van der Waals surface area (Å²) in [4.78, 5) is 15.0. The summed E-state index contributed by atoms with van der Waals surface area (Å²) in [7, 11) is 1.76. The Morgan fingerprint density at radius 3 is 2.50 bits per heavy atom. The maximum Gasteiger partial charge on any atom is 0.255 e. The van der Waals surface area contributed by atoms with Gasteiger partial charge in [-0.25, -0.2) is 0 Å². The second kappa shape index (κ2) is 10.1. The zero-order valence-corrected chi connectivity index (χ0v) is 15.3. The molecule has 0 atom stereocenters. The number of primary amides is 1. The molecule has 26 heavy (non-hydrogen) atoms. The smallest absolute Gasteiger partial charge is 0.255 e. The maximum absolute atomic E-state index is 10.7. The van der Waals surface area contributed by atoms with Gasteiger partial charge in [-0.05, 0) is 42.2 Å². The van der Waals surface area contributed by atoms with Gasteiger partial charge in [0.1, 0.15) is 5.75 Å². The number of hydrogen-bond acceptors (Lipinski definition) is 3. The molecule has 0 fully saturated rings. The molecule has 2 rings (SSSR count).